The van der Waals surface area contributed by atoms with Crippen LogP contribution in [0.2, 0.25) is 0 Å². The second-order valence-electron chi connectivity index (χ2n) is 4.14. The van der Waals surface area contributed by atoms with Crippen molar-refractivity contribution in [2.45, 2.75) is 6.92 Å². The maximum atomic E-state index is 11.2. The fourth-order valence-electron chi connectivity index (χ4n) is 1.87. The number of ether oxygens (including phenoxy) is 1. The number of aromatic carboxylic acids is 1. The Balaban J connectivity index is 2.12. The molecule has 0 aliphatic heterocycles. The number of fused-ring (bicyclic) bond motifs is 1. The van der Waals surface area contributed by atoms with Gasteiger partial charge in [0.1, 0.15) is 23.2 Å². The molecule has 0 saturated carbocycles. The molecule has 20 heavy (non-hydrogen) atoms. The summed E-state index contributed by atoms with van der Waals surface area (Å²) in [6.07, 6.45) is 2.79. The number of rotatable bonds is 3. The van der Waals surface area contributed by atoms with Gasteiger partial charge in [-0.05, 0) is 18.6 Å². The van der Waals surface area contributed by atoms with Crippen molar-refractivity contribution < 1.29 is 14.6 Å². The van der Waals surface area contributed by atoms with Crippen LogP contribution in [0.4, 0.5) is 0 Å². The minimum Gasteiger partial charge on any atom is -0.478 e. The SMILES string of the molecule is Cc1cccc(C(=O)O)c1Oc1ncnc2nc[nH]c12. The van der Waals surface area contributed by atoms with E-state index >= 15 is 0 Å². The molecule has 0 aliphatic carbocycles. The third-order valence-electron chi connectivity index (χ3n) is 2.83. The number of hydrogen-bond acceptors (Lipinski definition) is 5. The Morgan fingerprint density at radius 1 is 1.30 bits per heavy atom. The number of imidazole rings is 1. The largest absolute Gasteiger partial charge is 0.478 e. The van der Waals surface area contributed by atoms with E-state index in [0.29, 0.717) is 16.7 Å². The maximum absolute atomic E-state index is 11.2. The number of aryl methyl sites for hydroxylation is 1. The van der Waals surface area contributed by atoms with Crippen molar-refractivity contribution in [3.63, 3.8) is 0 Å². The quantitative estimate of drug-likeness (QED) is 0.756. The number of carboxylic acid groups (broad SMARTS) is 1. The minimum atomic E-state index is -1.06. The molecule has 3 aromatic rings. The summed E-state index contributed by atoms with van der Waals surface area (Å²) in [6, 6.07) is 4.92. The highest BCUT2D eigenvalue weighted by Crippen LogP contribution is 2.30. The fourth-order valence-corrected chi connectivity index (χ4v) is 1.87. The molecule has 0 amide bonds. The first-order chi connectivity index (χ1) is 9.66. The lowest BCUT2D eigenvalue weighted by Gasteiger charge is -2.10. The number of nitrogens with zero attached hydrogens (tertiary/aromatic N) is 3. The zero-order chi connectivity index (χ0) is 14.1. The molecule has 3 rings (SSSR count). The molecule has 0 bridgehead atoms. The first kappa shape index (κ1) is 12.1. The summed E-state index contributed by atoms with van der Waals surface area (Å²) in [5.74, 6) is -0.558. The van der Waals surface area contributed by atoms with E-state index in [-0.39, 0.29) is 17.2 Å². The van der Waals surface area contributed by atoms with Gasteiger partial charge < -0.3 is 14.8 Å². The lowest BCUT2D eigenvalue weighted by atomic mass is 10.1. The molecule has 0 saturated heterocycles. The van der Waals surface area contributed by atoms with Gasteiger partial charge >= 0.3 is 5.97 Å². The molecule has 7 nitrogen and oxygen atoms in total. The first-order valence-corrected chi connectivity index (χ1v) is 5.81. The van der Waals surface area contributed by atoms with Crippen LogP contribution in [-0.4, -0.2) is 31.0 Å². The molecule has 0 radical (unpaired) electrons. The third kappa shape index (κ3) is 1.95. The van der Waals surface area contributed by atoms with Gasteiger partial charge in [-0.15, -0.1) is 0 Å². The molecular weight excluding hydrogens is 260 g/mol. The van der Waals surface area contributed by atoms with Gasteiger partial charge in [0, 0.05) is 0 Å². The Hall–Kier alpha value is -2.96. The van der Waals surface area contributed by atoms with Gasteiger partial charge in [-0.1, -0.05) is 12.1 Å². The molecule has 0 unspecified atom stereocenters. The third-order valence-corrected chi connectivity index (χ3v) is 2.83. The molecule has 0 aliphatic rings. The molecule has 2 aromatic heterocycles. The molecule has 7 heteroatoms. The van der Waals surface area contributed by atoms with Gasteiger partial charge in [0.05, 0.1) is 6.33 Å². The van der Waals surface area contributed by atoms with Crippen molar-refractivity contribution in [3.05, 3.63) is 42.0 Å². The summed E-state index contributed by atoms with van der Waals surface area (Å²) in [5.41, 5.74) is 1.76. The summed E-state index contributed by atoms with van der Waals surface area (Å²) in [6.45, 7) is 1.77. The summed E-state index contributed by atoms with van der Waals surface area (Å²) < 4.78 is 5.67. The highest BCUT2D eigenvalue weighted by Gasteiger charge is 2.16. The number of benzene rings is 1. The van der Waals surface area contributed by atoms with Gasteiger partial charge in [-0.2, -0.15) is 4.98 Å². The number of nitrogens with one attached hydrogen (secondary N) is 1. The lowest BCUT2D eigenvalue weighted by Crippen LogP contribution is -2.02. The zero-order valence-electron chi connectivity index (χ0n) is 10.5. The minimum absolute atomic E-state index is 0.0799. The molecule has 0 spiro atoms. The first-order valence-electron chi connectivity index (χ1n) is 5.81. The van der Waals surface area contributed by atoms with Crippen molar-refractivity contribution in [3.8, 4) is 11.6 Å². The zero-order valence-corrected chi connectivity index (χ0v) is 10.5. The van der Waals surface area contributed by atoms with Gasteiger partial charge in [0.2, 0.25) is 5.88 Å². The Bertz CT molecular complexity index is 797. The number of hydrogen-bond donors (Lipinski definition) is 2. The van der Waals surface area contributed by atoms with Crippen molar-refractivity contribution >= 4 is 17.1 Å². The van der Waals surface area contributed by atoms with Crippen LogP contribution in [0.15, 0.2) is 30.9 Å². The van der Waals surface area contributed by atoms with Crippen molar-refractivity contribution in [2.24, 2.45) is 0 Å². The van der Waals surface area contributed by atoms with E-state index in [4.69, 9.17) is 4.74 Å². The van der Waals surface area contributed by atoms with Crippen LogP contribution in [0, 0.1) is 6.92 Å². The van der Waals surface area contributed by atoms with E-state index in [0.717, 1.165) is 0 Å². The van der Waals surface area contributed by atoms with Crippen molar-refractivity contribution in [1.82, 2.24) is 19.9 Å². The van der Waals surface area contributed by atoms with E-state index in [9.17, 15) is 9.90 Å². The standard InChI is InChI=1S/C13H10N4O3/c1-7-3-2-4-8(13(18)19)10(7)20-12-9-11(15-5-14-9)16-6-17-12/h2-6H,1H3,(H,18,19)(H,14,15,16,17). The highest BCUT2D eigenvalue weighted by molar-refractivity contribution is 5.91. The predicted octanol–water partition coefficient (Wildman–Crippen LogP) is 2.15. The van der Waals surface area contributed by atoms with E-state index < -0.39 is 5.97 Å². The van der Waals surface area contributed by atoms with E-state index in [1.165, 1.54) is 18.7 Å². The van der Waals surface area contributed by atoms with E-state index in [1.807, 2.05) is 0 Å². The predicted molar refractivity (Wildman–Crippen MR) is 69.9 cm³/mol. The number of aromatic nitrogens is 4. The van der Waals surface area contributed by atoms with Crippen LogP contribution in [0.3, 0.4) is 0 Å². The van der Waals surface area contributed by atoms with Crippen molar-refractivity contribution in [1.29, 1.82) is 0 Å². The van der Waals surface area contributed by atoms with Gasteiger partial charge in [0.15, 0.2) is 5.65 Å². The average molecular weight is 270 g/mol. The molecule has 0 atom stereocenters. The number of carboxylic acids is 1. The Morgan fingerprint density at radius 3 is 2.95 bits per heavy atom. The number of para-hydroxylation sites is 1. The summed E-state index contributed by atoms with van der Waals surface area (Å²) in [5, 5.41) is 9.21. The van der Waals surface area contributed by atoms with Gasteiger partial charge in [-0.3, -0.25) is 0 Å². The molecule has 2 N–H and O–H groups in total. The lowest BCUT2D eigenvalue weighted by molar-refractivity contribution is 0.0694. The number of aromatic amines is 1. The smallest absolute Gasteiger partial charge is 0.339 e. The summed E-state index contributed by atoms with van der Waals surface area (Å²) in [7, 11) is 0. The second kappa shape index (κ2) is 4.61. The fraction of sp³-hybridized carbons (Fsp3) is 0.0769. The average Bonchev–Trinajstić information content (AvgIpc) is 2.90. The van der Waals surface area contributed by atoms with Crippen LogP contribution >= 0.6 is 0 Å². The molecule has 2 heterocycles. The number of carbonyl (C=O) groups is 1. The van der Waals surface area contributed by atoms with Crippen LogP contribution < -0.4 is 4.74 Å². The Labute approximate surface area is 113 Å². The second-order valence-corrected chi connectivity index (χ2v) is 4.14. The topological polar surface area (TPSA) is 101 Å². The van der Waals surface area contributed by atoms with Crippen molar-refractivity contribution in [2.75, 3.05) is 0 Å². The highest BCUT2D eigenvalue weighted by atomic mass is 16.5. The van der Waals surface area contributed by atoms with Gasteiger partial charge in [0.25, 0.3) is 0 Å². The monoisotopic (exact) mass is 270 g/mol. The Morgan fingerprint density at radius 2 is 2.15 bits per heavy atom. The van der Waals surface area contributed by atoms with Crippen LogP contribution in [-0.2, 0) is 0 Å². The molecular formula is C13H10N4O3. The van der Waals surface area contributed by atoms with Crippen LogP contribution in [0.25, 0.3) is 11.2 Å². The van der Waals surface area contributed by atoms with E-state index in [1.54, 1.807) is 19.1 Å². The summed E-state index contributed by atoms with van der Waals surface area (Å²) >= 11 is 0. The maximum Gasteiger partial charge on any atom is 0.339 e. The van der Waals surface area contributed by atoms with Crippen LogP contribution in [0.5, 0.6) is 11.6 Å². The normalized spacial score (nSPS) is 10.7. The molecule has 100 valence electrons. The summed E-state index contributed by atoms with van der Waals surface area (Å²) in [4.78, 5) is 26.1. The van der Waals surface area contributed by atoms with Crippen LogP contribution in [0.1, 0.15) is 15.9 Å². The number of H-pyrrole nitrogens is 1. The Kier molecular flexibility index (Phi) is 2.79. The van der Waals surface area contributed by atoms with Gasteiger partial charge in [-0.25, -0.2) is 14.8 Å². The molecule has 1 aromatic carbocycles. The van der Waals surface area contributed by atoms with E-state index in [2.05, 4.69) is 19.9 Å². The molecule has 0 fully saturated rings.